The molecule has 24 heavy (non-hydrogen) atoms. The molecule has 0 fully saturated rings. The molecule has 0 radical (unpaired) electrons. The van der Waals surface area contributed by atoms with Gasteiger partial charge in [-0.25, -0.2) is 0 Å². The van der Waals surface area contributed by atoms with E-state index in [0.29, 0.717) is 23.0 Å². The van der Waals surface area contributed by atoms with Crippen molar-refractivity contribution < 1.29 is 9.59 Å². The van der Waals surface area contributed by atoms with E-state index in [4.69, 9.17) is 0 Å². The van der Waals surface area contributed by atoms with E-state index in [0.717, 1.165) is 42.1 Å². The Morgan fingerprint density at radius 3 is 2.04 bits per heavy atom. The summed E-state index contributed by atoms with van der Waals surface area (Å²) in [5.41, 5.74) is 5.58. The van der Waals surface area contributed by atoms with Crippen molar-refractivity contribution in [3.05, 3.63) is 58.7 Å². The molecule has 0 heterocycles. The fraction of sp³-hybridized carbons (Fsp3) is 0.364. The van der Waals surface area contributed by atoms with Crippen LogP contribution >= 0.6 is 0 Å². The Hall–Kier alpha value is -2.22. The lowest BCUT2D eigenvalue weighted by molar-refractivity contribution is 0.111. The molecule has 0 unspecified atom stereocenters. The highest BCUT2D eigenvalue weighted by molar-refractivity contribution is 5.91. The van der Waals surface area contributed by atoms with Gasteiger partial charge in [0.25, 0.3) is 0 Å². The second-order valence-electron chi connectivity index (χ2n) is 7.23. The number of carbonyl (C=O) groups excluding carboxylic acids is 2. The van der Waals surface area contributed by atoms with Gasteiger partial charge in [-0.2, -0.15) is 0 Å². The Balaban J connectivity index is 2.65. The van der Waals surface area contributed by atoms with Gasteiger partial charge >= 0.3 is 0 Å². The monoisotopic (exact) mass is 322 g/mol. The average molecular weight is 322 g/mol. The summed E-state index contributed by atoms with van der Waals surface area (Å²) in [4.78, 5) is 23.0. The van der Waals surface area contributed by atoms with E-state index >= 15 is 0 Å². The Kier molecular flexibility index (Phi) is 6.08. The summed E-state index contributed by atoms with van der Waals surface area (Å²) in [6, 6.07) is 11.8. The number of hydrogen-bond acceptors (Lipinski definition) is 2. The van der Waals surface area contributed by atoms with E-state index < -0.39 is 0 Å². The van der Waals surface area contributed by atoms with Crippen LogP contribution in [0.1, 0.15) is 59.5 Å². The molecule has 0 aromatic heterocycles. The standard InChI is InChI=1S/C22H26O2/c1-15(2)10-17-8-9-19(14-24)22(12-17)20-7-5-6-18(13-23)21(20)11-16(3)4/h5-9,12-16H,10-11H2,1-4H3. The second-order valence-corrected chi connectivity index (χ2v) is 7.23. The maximum absolute atomic E-state index is 11.6. The molecule has 0 aliphatic carbocycles. The molecule has 2 aromatic carbocycles. The first-order chi connectivity index (χ1) is 11.5. The van der Waals surface area contributed by atoms with Crippen molar-refractivity contribution in [3.8, 4) is 11.1 Å². The Bertz CT molecular complexity index is 727. The number of carbonyl (C=O) groups is 2. The zero-order chi connectivity index (χ0) is 17.7. The lowest BCUT2D eigenvalue weighted by Crippen LogP contribution is -2.04. The van der Waals surface area contributed by atoms with Crippen molar-refractivity contribution in [2.75, 3.05) is 0 Å². The molecule has 126 valence electrons. The maximum Gasteiger partial charge on any atom is 0.150 e. The summed E-state index contributed by atoms with van der Waals surface area (Å²) in [6.07, 6.45) is 3.61. The minimum atomic E-state index is 0.434. The molecule has 0 aliphatic rings. The van der Waals surface area contributed by atoms with Crippen molar-refractivity contribution in [2.45, 2.75) is 40.5 Å². The highest BCUT2D eigenvalue weighted by atomic mass is 16.1. The SMILES string of the molecule is CC(C)Cc1ccc(C=O)c(-c2cccc(C=O)c2CC(C)C)c1. The van der Waals surface area contributed by atoms with Crippen LogP contribution in [0.5, 0.6) is 0 Å². The van der Waals surface area contributed by atoms with Gasteiger partial charge in [0.15, 0.2) is 6.29 Å². The normalized spacial score (nSPS) is 11.1. The van der Waals surface area contributed by atoms with Crippen LogP contribution in [0, 0.1) is 11.8 Å². The average Bonchev–Trinajstić information content (AvgIpc) is 2.54. The Labute approximate surface area is 144 Å². The summed E-state index contributed by atoms with van der Waals surface area (Å²) < 4.78 is 0. The highest BCUT2D eigenvalue weighted by Gasteiger charge is 2.15. The predicted molar refractivity (Wildman–Crippen MR) is 99.7 cm³/mol. The molecule has 0 aliphatic heterocycles. The smallest absolute Gasteiger partial charge is 0.150 e. The number of rotatable bonds is 7. The first-order valence-electron chi connectivity index (χ1n) is 8.61. The van der Waals surface area contributed by atoms with Crippen molar-refractivity contribution in [1.82, 2.24) is 0 Å². The summed E-state index contributed by atoms with van der Waals surface area (Å²) in [7, 11) is 0. The maximum atomic E-state index is 11.6. The summed E-state index contributed by atoms with van der Waals surface area (Å²) in [6.45, 7) is 8.65. The topological polar surface area (TPSA) is 34.1 Å². The molecular weight excluding hydrogens is 296 g/mol. The molecule has 0 saturated heterocycles. The minimum absolute atomic E-state index is 0.434. The van der Waals surface area contributed by atoms with Gasteiger partial charge in [0.05, 0.1) is 0 Å². The first kappa shape index (κ1) is 18.1. The summed E-state index contributed by atoms with van der Waals surface area (Å²) in [5, 5.41) is 0. The van der Waals surface area contributed by atoms with Crippen molar-refractivity contribution in [2.24, 2.45) is 11.8 Å². The van der Waals surface area contributed by atoms with Crippen LogP contribution in [0.2, 0.25) is 0 Å². The number of benzene rings is 2. The third-order valence-corrected chi connectivity index (χ3v) is 4.13. The summed E-state index contributed by atoms with van der Waals surface area (Å²) >= 11 is 0. The molecular formula is C22H26O2. The molecule has 0 atom stereocenters. The first-order valence-corrected chi connectivity index (χ1v) is 8.61. The van der Waals surface area contributed by atoms with Gasteiger partial charge in [-0.1, -0.05) is 64.1 Å². The molecule has 2 nitrogen and oxygen atoms in total. The van der Waals surface area contributed by atoms with Gasteiger partial charge in [-0.15, -0.1) is 0 Å². The van der Waals surface area contributed by atoms with Crippen LogP contribution in [0.3, 0.4) is 0 Å². The largest absolute Gasteiger partial charge is 0.298 e. The Morgan fingerprint density at radius 1 is 0.792 bits per heavy atom. The second kappa shape index (κ2) is 8.05. The van der Waals surface area contributed by atoms with Crippen LogP contribution in [0.25, 0.3) is 11.1 Å². The molecule has 2 rings (SSSR count). The lowest BCUT2D eigenvalue weighted by atomic mass is 9.87. The lowest BCUT2D eigenvalue weighted by Gasteiger charge is -2.17. The van der Waals surface area contributed by atoms with Crippen molar-refractivity contribution >= 4 is 12.6 Å². The highest BCUT2D eigenvalue weighted by Crippen LogP contribution is 2.31. The molecule has 0 bridgehead atoms. The van der Waals surface area contributed by atoms with Crippen LogP contribution in [-0.4, -0.2) is 12.6 Å². The van der Waals surface area contributed by atoms with Gasteiger partial charge < -0.3 is 0 Å². The van der Waals surface area contributed by atoms with Gasteiger partial charge in [-0.3, -0.25) is 9.59 Å². The van der Waals surface area contributed by atoms with Crippen molar-refractivity contribution in [1.29, 1.82) is 0 Å². The van der Waals surface area contributed by atoms with Crippen LogP contribution < -0.4 is 0 Å². The predicted octanol–water partition coefficient (Wildman–Crippen LogP) is 5.38. The number of hydrogen-bond donors (Lipinski definition) is 0. The fourth-order valence-electron chi connectivity index (χ4n) is 3.14. The van der Waals surface area contributed by atoms with E-state index in [1.807, 2.05) is 30.3 Å². The molecule has 0 spiro atoms. The molecule has 0 saturated carbocycles. The van der Waals surface area contributed by atoms with Crippen LogP contribution in [0.4, 0.5) is 0 Å². The minimum Gasteiger partial charge on any atom is -0.298 e. The van der Waals surface area contributed by atoms with Crippen LogP contribution in [0.15, 0.2) is 36.4 Å². The summed E-state index contributed by atoms with van der Waals surface area (Å²) in [5.74, 6) is 0.986. The molecule has 0 amide bonds. The van der Waals surface area contributed by atoms with Gasteiger partial charge in [0.1, 0.15) is 6.29 Å². The third-order valence-electron chi connectivity index (χ3n) is 4.13. The van der Waals surface area contributed by atoms with E-state index in [1.54, 1.807) is 0 Å². The van der Waals surface area contributed by atoms with E-state index in [2.05, 4.69) is 33.8 Å². The zero-order valence-electron chi connectivity index (χ0n) is 15.0. The third kappa shape index (κ3) is 4.19. The Morgan fingerprint density at radius 2 is 1.46 bits per heavy atom. The van der Waals surface area contributed by atoms with Crippen LogP contribution in [-0.2, 0) is 12.8 Å². The quantitative estimate of drug-likeness (QED) is 0.642. The molecule has 2 heteroatoms. The van der Waals surface area contributed by atoms with E-state index in [9.17, 15) is 9.59 Å². The van der Waals surface area contributed by atoms with Crippen molar-refractivity contribution in [3.63, 3.8) is 0 Å². The van der Waals surface area contributed by atoms with Gasteiger partial charge in [-0.05, 0) is 46.9 Å². The number of aldehydes is 2. The zero-order valence-corrected chi connectivity index (χ0v) is 15.0. The molecule has 2 aromatic rings. The van der Waals surface area contributed by atoms with Gasteiger partial charge in [0, 0.05) is 11.1 Å². The van der Waals surface area contributed by atoms with E-state index in [-0.39, 0.29) is 0 Å². The van der Waals surface area contributed by atoms with E-state index in [1.165, 1.54) is 5.56 Å². The molecule has 0 N–H and O–H groups in total. The van der Waals surface area contributed by atoms with Gasteiger partial charge in [0.2, 0.25) is 0 Å². The fourth-order valence-corrected chi connectivity index (χ4v) is 3.14.